The van der Waals surface area contributed by atoms with Crippen LogP contribution in [0.15, 0.2) is 48.5 Å². The fraction of sp³-hybridized carbons (Fsp3) is 0.464. The van der Waals surface area contributed by atoms with Crippen LogP contribution >= 0.6 is 0 Å². The lowest BCUT2D eigenvalue weighted by Gasteiger charge is -2.19. The molecule has 3 N–H and O–H groups in total. The maximum absolute atomic E-state index is 12.5. The SMILES string of the molecule is CC[C@H](CC(=O)NCCCCCCCC(=O)O)NC(=O)OCC1c2ccccc2-c2ccccc21. The first-order chi connectivity index (χ1) is 17.0. The van der Waals surface area contributed by atoms with Gasteiger partial charge < -0.3 is 20.5 Å². The van der Waals surface area contributed by atoms with E-state index in [9.17, 15) is 14.4 Å². The Morgan fingerprint density at radius 2 is 1.51 bits per heavy atom. The van der Waals surface area contributed by atoms with E-state index in [1.807, 2.05) is 31.2 Å². The van der Waals surface area contributed by atoms with E-state index in [-0.39, 0.29) is 37.3 Å². The Morgan fingerprint density at radius 3 is 2.14 bits per heavy atom. The summed E-state index contributed by atoms with van der Waals surface area (Å²) in [5.41, 5.74) is 4.69. The van der Waals surface area contributed by atoms with Crippen LogP contribution in [0.5, 0.6) is 0 Å². The van der Waals surface area contributed by atoms with Crippen LogP contribution in [0.3, 0.4) is 0 Å². The molecule has 7 nitrogen and oxygen atoms in total. The van der Waals surface area contributed by atoms with Crippen LogP contribution in [0.1, 0.15) is 75.3 Å². The van der Waals surface area contributed by atoms with Crippen molar-refractivity contribution in [1.82, 2.24) is 10.6 Å². The van der Waals surface area contributed by atoms with E-state index < -0.39 is 12.1 Å². The molecule has 2 amide bonds. The Balaban J connectivity index is 1.37. The first-order valence-corrected chi connectivity index (χ1v) is 12.6. The number of nitrogens with one attached hydrogen (secondary N) is 2. The van der Waals surface area contributed by atoms with Gasteiger partial charge in [0.2, 0.25) is 5.91 Å². The number of carboxylic acid groups (broad SMARTS) is 1. The summed E-state index contributed by atoms with van der Waals surface area (Å²) in [5, 5.41) is 14.4. The number of carbonyl (C=O) groups excluding carboxylic acids is 2. The molecule has 0 aromatic heterocycles. The Kier molecular flexibility index (Phi) is 10.1. The van der Waals surface area contributed by atoms with Crippen molar-refractivity contribution >= 4 is 18.0 Å². The van der Waals surface area contributed by atoms with E-state index in [0.717, 1.165) is 36.8 Å². The van der Waals surface area contributed by atoms with Crippen LogP contribution in [-0.2, 0) is 14.3 Å². The van der Waals surface area contributed by atoms with Gasteiger partial charge >= 0.3 is 12.1 Å². The van der Waals surface area contributed by atoms with Crippen LogP contribution in [0.25, 0.3) is 11.1 Å². The number of amides is 2. The van der Waals surface area contributed by atoms with E-state index in [1.165, 1.54) is 11.1 Å². The highest BCUT2D eigenvalue weighted by Gasteiger charge is 2.29. The Morgan fingerprint density at radius 1 is 0.914 bits per heavy atom. The normalized spacial score (nSPS) is 12.9. The number of alkyl carbamates (subject to hydrolysis) is 1. The van der Waals surface area contributed by atoms with E-state index in [4.69, 9.17) is 9.84 Å². The van der Waals surface area contributed by atoms with Gasteiger partial charge in [0.25, 0.3) is 0 Å². The third kappa shape index (κ3) is 7.84. The van der Waals surface area contributed by atoms with E-state index in [2.05, 4.69) is 34.9 Å². The van der Waals surface area contributed by atoms with E-state index >= 15 is 0 Å². The smallest absolute Gasteiger partial charge is 0.407 e. The van der Waals surface area contributed by atoms with Gasteiger partial charge in [0.05, 0.1) is 0 Å². The lowest BCUT2D eigenvalue weighted by Crippen LogP contribution is -2.39. The summed E-state index contributed by atoms with van der Waals surface area (Å²) in [7, 11) is 0. The molecule has 0 fully saturated rings. The van der Waals surface area contributed by atoms with Crippen molar-refractivity contribution in [3.63, 3.8) is 0 Å². The molecule has 1 aliphatic rings. The molecule has 0 aliphatic heterocycles. The topological polar surface area (TPSA) is 105 Å². The lowest BCUT2D eigenvalue weighted by molar-refractivity contribution is -0.137. The minimum atomic E-state index is -0.755. The average Bonchev–Trinajstić information content (AvgIpc) is 3.17. The monoisotopic (exact) mass is 480 g/mol. The van der Waals surface area contributed by atoms with Crippen molar-refractivity contribution in [2.24, 2.45) is 0 Å². The van der Waals surface area contributed by atoms with Crippen LogP contribution in [-0.4, -0.2) is 42.3 Å². The molecule has 35 heavy (non-hydrogen) atoms. The molecule has 7 heteroatoms. The van der Waals surface area contributed by atoms with Crippen molar-refractivity contribution in [2.45, 2.75) is 70.3 Å². The highest BCUT2D eigenvalue weighted by molar-refractivity contribution is 5.79. The molecule has 0 saturated heterocycles. The van der Waals surface area contributed by atoms with Crippen LogP contribution in [0, 0.1) is 0 Å². The Bertz CT molecular complexity index is 961. The molecule has 0 heterocycles. The number of carboxylic acids is 1. The van der Waals surface area contributed by atoms with Crippen molar-refractivity contribution < 1.29 is 24.2 Å². The summed E-state index contributed by atoms with van der Waals surface area (Å²) in [6.07, 6.45) is 4.90. The Hall–Kier alpha value is -3.35. The number of carbonyl (C=O) groups is 3. The zero-order chi connectivity index (χ0) is 25.0. The predicted octanol–water partition coefficient (Wildman–Crippen LogP) is 5.24. The molecule has 2 aromatic carbocycles. The van der Waals surface area contributed by atoms with Gasteiger partial charge in [0, 0.05) is 31.3 Å². The number of ether oxygens (including phenoxy) is 1. The molecule has 3 rings (SSSR count). The van der Waals surface area contributed by atoms with Gasteiger partial charge in [-0.2, -0.15) is 0 Å². The molecule has 0 spiro atoms. The molecule has 0 bridgehead atoms. The average molecular weight is 481 g/mol. The van der Waals surface area contributed by atoms with Crippen molar-refractivity contribution in [2.75, 3.05) is 13.2 Å². The van der Waals surface area contributed by atoms with Gasteiger partial charge in [-0.25, -0.2) is 4.79 Å². The molecule has 0 radical (unpaired) electrons. The third-order valence-corrected chi connectivity index (χ3v) is 6.48. The van der Waals surface area contributed by atoms with Crippen molar-refractivity contribution in [3.05, 3.63) is 59.7 Å². The molecule has 188 valence electrons. The first kappa shape index (κ1) is 26.3. The second-order valence-electron chi connectivity index (χ2n) is 9.04. The summed E-state index contributed by atoms with van der Waals surface area (Å²) in [6, 6.07) is 16.1. The number of unbranched alkanes of at least 4 members (excludes halogenated alkanes) is 4. The molecule has 2 aromatic rings. The van der Waals surface area contributed by atoms with Gasteiger partial charge in [-0.3, -0.25) is 9.59 Å². The van der Waals surface area contributed by atoms with Crippen LogP contribution in [0.2, 0.25) is 0 Å². The number of aliphatic carboxylic acids is 1. The number of fused-ring (bicyclic) bond motifs is 3. The first-order valence-electron chi connectivity index (χ1n) is 12.6. The molecule has 1 aliphatic carbocycles. The highest BCUT2D eigenvalue weighted by atomic mass is 16.5. The van der Waals surface area contributed by atoms with Crippen molar-refractivity contribution in [1.29, 1.82) is 0 Å². The summed E-state index contributed by atoms with van der Waals surface area (Å²) < 4.78 is 5.60. The van der Waals surface area contributed by atoms with Crippen molar-refractivity contribution in [3.8, 4) is 11.1 Å². The highest BCUT2D eigenvalue weighted by Crippen LogP contribution is 2.44. The minimum Gasteiger partial charge on any atom is -0.481 e. The summed E-state index contributed by atoms with van der Waals surface area (Å²) >= 11 is 0. The zero-order valence-corrected chi connectivity index (χ0v) is 20.4. The van der Waals surface area contributed by atoms with Gasteiger partial charge in [-0.1, -0.05) is 74.7 Å². The third-order valence-electron chi connectivity index (χ3n) is 6.48. The number of hydrogen-bond donors (Lipinski definition) is 3. The van der Waals surface area contributed by atoms with Crippen LogP contribution < -0.4 is 10.6 Å². The molecule has 0 saturated carbocycles. The fourth-order valence-corrected chi connectivity index (χ4v) is 4.56. The quantitative estimate of drug-likeness (QED) is 0.321. The molecule has 1 atom stereocenters. The standard InChI is InChI=1S/C28H36N2O5/c1-2-20(18-26(31)29-17-11-5-3-4-6-16-27(32)33)30-28(34)35-19-25-23-14-9-7-12-21(23)22-13-8-10-15-24(22)25/h7-10,12-15,20,25H,2-6,11,16-19H2,1H3,(H,29,31)(H,30,34)(H,32,33)/t20-/m1/s1. The van der Waals surface area contributed by atoms with E-state index in [0.29, 0.717) is 19.4 Å². The minimum absolute atomic E-state index is 0.000604. The predicted molar refractivity (Wildman–Crippen MR) is 135 cm³/mol. The second-order valence-corrected chi connectivity index (χ2v) is 9.04. The lowest BCUT2D eigenvalue weighted by atomic mass is 9.98. The maximum atomic E-state index is 12.5. The van der Waals surface area contributed by atoms with E-state index in [1.54, 1.807) is 0 Å². The van der Waals surface area contributed by atoms with Gasteiger partial charge in [0.15, 0.2) is 0 Å². The number of hydrogen-bond acceptors (Lipinski definition) is 4. The van der Waals surface area contributed by atoms with Crippen LogP contribution in [0.4, 0.5) is 4.79 Å². The molecular weight excluding hydrogens is 444 g/mol. The zero-order valence-electron chi connectivity index (χ0n) is 20.4. The summed E-state index contributed by atoms with van der Waals surface area (Å²) in [5.74, 6) is -0.850. The Labute approximate surface area is 207 Å². The number of benzene rings is 2. The van der Waals surface area contributed by atoms with Gasteiger partial charge in [0.1, 0.15) is 6.61 Å². The summed E-state index contributed by atoms with van der Waals surface area (Å²) in [6.45, 7) is 2.76. The van der Waals surface area contributed by atoms with Gasteiger partial charge in [-0.05, 0) is 41.5 Å². The molecule has 0 unspecified atom stereocenters. The number of rotatable bonds is 14. The van der Waals surface area contributed by atoms with Gasteiger partial charge in [-0.15, -0.1) is 0 Å². The largest absolute Gasteiger partial charge is 0.481 e. The fourth-order valence-electron chi connectivity index (χ4n) is 4.56. The second kappa shape index (κ2) is 13.5. The maximum Gasteiger partial charge on any atom is 0.407 e. The summed E-state index contributed by atoms with van der Waals surface area (Å²) in [4.78, 5) is 35.3. The molecular formula is C28H36N2O5.